The number of nitrogens with one attached hydrogen (secondary N) is 1. The summed E-state index contributed by atoms with van der Waals surface area (Å²) in [4.78, 5) is 4.16. The Bertz CT molecular complexity index is 244. The lowest BCUT2D eigenvalue weighted by Crippen LogP contribution is -2.36. The maximum Gasteiger partial charge on any atom is 0.0951 e. The van der Waals surface area contributed by atoms with Crippen LogP contribution in [-0.2, 0) is 6.42 Å². The summed E-state index contributed by atoms with van der Waals surface area (Å²) < 4.78 is 0. The van der Waals surface area contributed by atoms with Gasteiger partial charge < -0.3 is 10.4 Å². The molecule has 2 atom stereocenters. The summed E-state index contributed by atoms with van der Waals surface area (Å²) in [6.07, 6.45) is 4.48. The molecule has 2 heterocycles. The van der Waals surface area contributed by atoms with Gasteiger partial charge >= 0.3 is 0 Å². The highest BCUT2D eigenvalue weighted by atomic mass is 32.1. The van der Waals surface area contributed by atoms with Crippen molar-refractivity contribution in [1.29, 1.82) is 0 Å². The molecule has 1 fully saturated rings. The van der Waals surface area contributed by atoms with Gasteiger partial charge in [0.15, 0.2) is 0 Å². The van der Waals surface area contributed by atoms with Gasteiger partial charge in [-0.05, 0) is 19.4 Å². The van der Waals surface area contributed by atoms with Crippen LogP contribution in [0.5, 0.6) is 0 Å². The zero-order valence-corrected chi connectivity index (χ0v) is 8.26. The van der Waals surface area contributed by atoms with Gasteiger partial charge in [-0.1, -0.05) is 0 Å². The van der Waals surface area contributed by atoms with E-state index in [9.17, 15) is 5.11 Å². The summed E-state index contributed by atoms with van der Waals surface area (Å²) in [5.41, 5.74) is 0. The summed E-state index contributed by atoms with van der Waals surface area (Å²) in [6.45, 7) is 1.04. The van der Waals surface area contributed by atoms with Crippen molar-refractivity contribution >= 4 is 11.3 Å². The molecule has 2 N–H and O–H groups in total. The topological polar surface area (TPSA) is 45.2 Å². The normalized spacial score (nSPS) is 24.8. The SMILES string of the molecule is OC(Cc1nccs1)C1CCCN1. The molecule has 0 aliphatic carbocycles. The Morgan fingerprint density at radius 2 is 2.69 bits per heavy atom. The molecular formula is C9H14N2OS. The fraction of sp³-hybridized carbons (Fsp3) is 0.667. The first kappa shape index (κ1) is 9.12. The molecule has 1 saturated heterocycles. The molecule has 0 aromatic carbocycles. The Balaban J connectivity index is 1.87. The minimum atomic E-state index is -0.270. The van der Waals surface area contributed by atoms with Crippen LogP contribution in [0.3, 0.4) is 0 Å². The number of rotatable bonds is 3. The van der Waals surface area contributed by atoms with Crippen molar-refractivity contribution < 1.29 is 5.11 Å². The molecule has 0 bridgehead atoms. The number of hydrogen-bond acceptors (Lipinski definition) is 4. The van der Waals surface area contributed by atoms with Gasteiger partial charge in [-0.3, -0.25) is 0 Å². The van der Waals surface area contributed by atoms with Crippen LogP contribution in [-0.4, -0.2) is 28.8 Å². The highest BCUT2D eigenvalue weighted by Crippen LogP contribution is 2.14. The smallest absolute Gasteiger partial charge is 0.0951 e. The van der Waals surface area contributed by atoms with Gasteiger partial charge in [-0.15, -0.1) is 11.3 Å². The Morgan fingerprint density at radius 1 is 1.77 bits per heavy atom. The Labute approximate surface area is 81.8 Å². The van der Waals surface area contributed by atoms with Crippen LogP contribution in [0.2, 0.25) is 0 Å². The Kier molecular flexibility index (Phi) is 2.93. The quantitative estimate of drug-likeness (QED) is 0.755. The number of aliphatic hydroxyl groups is 1. The number of nitrogens with zero attached hydrogens (tertiary/aromatic N) is 1. The highest BCUT2D eigenvalue weighted by molar-refractivity contribution is 7.09. The third-order valence-electron chi connectivity index (χ3n) is 2.43. The summed E-state index contributed by atoms with van der Waals surface area (Å²) >= 11 is 1.61. The maximum absolute atomic E-state index is 9.82. The average molecular weight is 198 g/mol. The number of hydrogen-bond donors (Lipinski definition) is 2. The van der Waals surface area contributed by atoms with Gasteiger partial charge in [0.1, 0.15) is 0 Å². The molecule has 2 unspecified atom stereocenters. The first-order chi connectivity index (χ1) is 6.36. The Morgan fingerprint density at radius 3 is 3.31 bits per heavy atom. The molecule has 2 rings (SSSR count). The predicted octanol–water partition coefficient (Wildman–Crippen LogP) is 0.798. The summed E-state index contributed by atoms with van der Waals surface area (Å²) in [5, 5.41) is 16.1. The van der Waals surface area contributed by atoms with E-state index in [-0.39, 0.29) is 12.1 Å². The fourth-order valence-corrected chi connectivity index (χ4v) is 2.38. The average Bonchev–Trinajstić information content (AvgIpc) is 2.74. The van der Waals surface area contributed by atoms with Crippen molar-refractivity contribution in [3.05, 3.63) is 16.6 Å². The molecule has 72 valence electrons. The second kappa shape index (κ2) is 4.17. The lowest BCUT2D eigenvalue weighted by Gasteiger charge is -2.16. The van der Waals surface area contributed by atoms with Crippen molar-refractivity contribution in [2.24, 2.45) is 0 Å². The summed E-state index contributed by atoms with van der Waals surface area (Å²) in [7, 11) is 0. The Hall–Kier alpha value is -0.450. The lowest BCUT2D eigenvalue weighted by atomic mass is 10.1. The van der Waals surface area contributed by atoms with Gasteiger partial charge in [-0.25, -0.2) is 4.98 Å². The van der Waals surface area contributed by atoms with Crippen LogP contribution in [0.1, 0.15) is 17.8 Å². The minimum absolute atomic E-state index is 0.270. The third kappa shape index (κ3) is 2.27. The van der Waals surface area contributed by atoms with Gasteiger partial charge in [0.05, 0.1) is 11.1 Å². The van der Waals surface area contributed by atoms with Crippen molar-refractivity contribution in [3.63, 3.8) is 0 Å². The number of aromatic nitrogens is 1. The second-order valence-electron chi connectivity index (χ2n) is 3.40. The van der Waals surface area contributed by atoms with Crippen LogP contribution in [0.15, 0.2) is 11.6 Å². The van der Waals surface area contributed by atoms with Crippen molar-refractivity contribution in [2.45, 2.75) is 31.4 Å². The molecule has 1 aliphatic rings. The predicted molar refractivity (Wildman–Crippen MR) is 52.8 cm³/mol. The molecule has 0 spiro atoms. The molecule has 13 heavy (non-hydrogen) atoms. The van der Waals surface area contributed by atoms with Gasteiger partial charge in [0.2, 0.25) is 0 Å². The molecule has 0 radical (unpaired) electrons. The minimum Gasteiger partial charge on any atom is -0.391 e. The van der Waals surface area contributed by atoms with Crippen LogP contribution < -0.4 is 5.32 Å². The fourth-order valence-electron chi connectivity index (χ4n) is 1.71. The zero-order chi connectivity index (χ0) is 9.10. The highest BCUT2D eigenvalue weighted by Gasteiger charge is 2.23. The molecule has 1 aliphatic heterocycles. The molecule has 0 saturated carbocycles. The van der Waals surface area contributed by atoms with E-state index >= 15 is 0 Å². The largest absolute Gasteiger partial charge is 0.391 e. The van der Waals surface area contributed by atoms with Crippen LogP contribution in [0.25, 0.3) is 0 Å². The van der Waals surface area contributed by atoms with Crippen molar-refractivity contribution in [3.8, 4) is 0 Å². The van der Waals surface area contributed by atoms with Crippen molar-refractivity contribution in [2.75, 3.05) is 6.54 Å². The molecule has 4 heteroatoms. The second-order valence-corrected chi connectivity index (χ2v) is 4.38. The van der Waals surface area contributed by atoms with Gasteiger partial charge in [-0.2, -0.15) is 0 Å². The van der Waals surface area contributed by atoms with Gasteiger partial charge in [0.25, 0.3) is 0 Å². The van der Waals surface area contributed by atoms with E-state index in [0.717, 1.165) is 18.0 Å². The van der Waals surface area contributed by atoms with Crippen molar-refractivity contribution in [1.82, 2.24) is 10.3 Å². The van der Waals surface area contributed by atoms with E-state index in [2.05, 4.69) is 10.3 Å². The molecule has 1 aromatic heterocycles. The lowest BCUT2D eigenvalue weighted by molar-refractivity contribution is 0.136. The summed E-state index contributed by atoms with van der Waals surface area (Å²) in [6, 6.07) is 0.281. The first-order valence-electron chi connectivity index (χ1n) is 4.66. The first-order valence-corrected chi connectivity index (χ1v) is 5.54. The maximum atomic E-state index is 9.82. The van der Waals surface area contributed by atoms with E-state index in [1.54, 1.807) is 17.5 Å². The van der Waals surface area contributed by atoms with Crippen LogP contribution in [0.4, 0.5) is 0 Å². The van der Waals surface area contributed by atoms with Gasteiger partial charge in [0, 0.05) is 24.0 Å². The van der Waals surface area contributed by atoms with E-state index in [1.165, 1.54) is 6.42 Å². The van der Waals surface area contributed by atoms with E-state index in [4.69, 9.17) is 0 Å². The molecule has 0 amide bonds. The van der Waals surface area contributed by atoms with E-state index in [1.807, 2.05) is 5.38 Å². The summed E-state index contributed by atoms with van der Waals surface area (Å²) in [5.74, 6) is 0. The monoisotopic (exact) mass is 198 g/mol. The molecule has 1 aromatic rings. The molecule has 3 nitrogen and oxygen atoms in total. The van der Waals surface area contributed by atoms with Crippen LogP contribution >= 0.6 is 11.3 Å². The van der Waals surface area contributed by atoms with E-state index in [0.29, 0.717) is 6.42 Å². The number of thiazole rings is 1. The zero-order valence-electron chi connectivity index (χ0n) is 7.44. The van der Waals surface area contributed by atoms with E-state index < -0.39 is 0 Å². The standard InChI is InChI=1S/C9H14N2OS/c12-8(7-2-1-3-10-7)6-9-11-4-5-13-9/h4-5,7-8,10,12H,1-3,6H2. The third-order valence-corrected chi connectivity index (χ3v) is 3.23. The van der Waals surface area contributed by atoms with Crippen LogP contribution in [0, 0.1) is 0 Å². The molecular weight excluding hydrogens is 184 g/mol. The number of aliphatic hydroxyl groups excluding tert-OH is 1.